The van der Waals surface area contributed by atoms with Crippen LogP contribution in [0.3, 0.4) is 0 Å². The third-order valence-corrected chi connectivity index (χ3v) is 3.85. The summed E-state index contributed by atoms with van der Waals surface area (Å²) < 4.78 is 7.77. The first-order valence-corrected chi connectivity index (χ1v) is 7.92. The largest absolute Gasteiger partial charge is 0.365 e. The lowest BCUT2D eigenvalue weighted by Crippen LogP contribution is -2.33. The van der Waals surface area contributed by atoms with Gasteiger partial charge in [-0.05, 0) is 40.0 Å². The van der Waals surface area contributed by atoms with Crippen LogP contribution in [0.15, 0.2) is 12.3 Å². The van der Waals surface area contributed by atoms with E-state index in [1.165, 1.54) is 12.8 Å². The summed E-state index contributed by atoms with van der Waals surface area (Å²) in [6, 6.07) is 1.82. The van der Waals surface area contributed by atoms with Crippen LogP contribution in [0.5, 0.6) is 0 Å². The zero-order valence-corrected chi connectivity index (χ0v) is 13.6. The molecule has 1 N–H and O–H groups in total. The molecule has 1 fully saturated rings. The number of nitrogens with zero attached hydrogens (tertiary/aromatic N) is 2. The van der Waals surface area contributed by atoms with E-state index in [2.05, 4.69) is 31.2 Å². The van der Waals surface area contributed by atoms with Gasteiger partial charge >= 0.3 is 0 Å². The highest BCUT2D eigenvalue weighted by Crippen LogP contribution is 2.23. The monoisotopic (exact) mass is 293 g/mol. The van der Waals surface area contributed by atoms with E-state index in [1.807, 2.05) is 23.9 Å². The van der Waals surface area contributed by atoms with E-state index in [9.17, 15) is 4.79 Å². The maximum atomic E-state index is 12.3. The maximum absolute atomic E-state index is 12.3. The van der Waals surface area contributed by atoms with Gasteiger partial charge in [-0.1, -0.05) is 19.8 Å². The minimum Gasteiger partial charge on any atom is -0.365 e. The summed E-state index contributed by atoms with van der Waals surface area (Å²) >= 11 is 0. The van der Waals surface area contributed by atoms with Crippen molar-refractivity contribution in [1.29, 1.82) is 0 Å². The van der Waals surface area contributed by atoms with Crippen molar-refractivity contribution in [3.05, 3.63) is 12.3 Å². The van der Waals surface area contributed by atoms with E-state index in [0.717, 1.165) is 12.8 Å². The second-order valence-corrected chi connectivity index (χ2v) is 6.75. The number of aromatic nitrogens is 2. The van der Waals surface area contributed by atoms with Crippen molar-refractivity contribution < 1.29 is 9.53 Å². The molecule has 1 aliphatic rings. The van der Waals surface area contributed by atoms with Gasteiger partial charge in [-0.15, -0.1) is 0 Å². The van der Waals surface area contributed by atoms with Crippen molar-refractivity contribution >= 4 is 11.7 Å². The highest BCUT2D eigenvalue weighted by Gasteiger charge is 2.25. The third kappa shape index (κ3) is 4.30. The Morgan fingerprint density at radius 3 is 2.67 bits per heavy atom. The van der Waals surface area contributed by atoms with Gasteiger partial charge in [0.1, 0.15) is 6.10 Å². The molecular formula is C16H27N3O2. The second kappa shape index (κ2) is 6.60. The smallest absolute Gasteiger partial charge is 0.254 e. The van der Waals surface area contributed by atoms with Crippen LogP contribution in [0.25, 0.3) is 0 Å². The topological polar surface area (TPSA) is 56.1 Å². The molecule has 1 unspecified atom stereocenters. The van der Waals surface area contributed by atoms with Crippen molar-refractivity contribution in [1.82, 2.24) is 9.78 Å². The Hall–Kier alpha value is -1.36. The van der Waals surface area contributed by atoms with E-state index < -0.39 is 0 Å². The average molecular weight is 293 g/mol. The summed E-state index contributed by atoms with van der Waals surface area (Å²) in [7, 11) is 0. The molecule has 0 aromatic carbocycles. The molecule has 5 heteroatoms. The third-order valence-electron chi connectivity index (χ3n) is 3.85. The normalized spacial score (nSPS) is 17.9. The molecule has 1 amide bonds. The van der Waals surface area contributed by atoms with Crippen LogP contribution >= 0.6 is 0 Å². The molecule has 118 valence electrons. The predicted octanol–water partition coefficient (Wildman–Crippen LogP) is 3.31. The van der Waals surface area contributed by atoms with Gasteiger partial charge in [0, 0.05) is 12.3 Å². The molecule has 0 spiro atoms. The maximum Gasteiger partial charge on any atom is 0.254 e. The second-order valence-electron chi connectivity index (χ2n) is 6.75. The number of hydrogen-bond acceptors (Lipinski definition) is 3. The van der Waals surface area contributed by atoms with Gasteiger partial charge in [0.2, 0.25) is 0 Å². The van der Waals surface area contributed by atoms with Crippen molar-refractivity contribution in [2.45, 2.75) is 77.5 Å². The average Bonchev–Trinajstić information content (AvgIpc) is 3.05. The molecule has 1 atom stereocenters. The molecule has 1 aromatic rings. The van der Waals surface area contributed by atoms with Gasteiger partial charge in [0.25, 0.3) is 5.91 Å². The molecular weight excluding hydrogens is 266 g/mol. The van der Waals surface area contributed by atoms with Gasteiger partial charge < -0.3 is 10.1 Å². The van der Waals surface area contributed by atoms with Crippen LogP contribution in [0, 0.1) is 0 Å². The number of carbonyl (C=O) groups excluding carboxylic acids is 1. The fourth-order valence-corrected chi connectivity index (χ4v) is 2.57. The van der Waals surface area contributed by atoms with Gasteiger partial charge in [-0.2, -0.15) is 5.10 Å². The molecule has 1 saturated carbocycles. The van der Waals surface area contributed by atoms with Crippen molar-refractivity contribution in [3.63, 3.8) is 0 Å². The zero-order chi connectivity index (χ0) is 15.5. The Balaban J connectivity index is 1.93. The molecule has 0 radical (unpaired) electrons. The highest BCUT2D eigenvalue weighted by molar-refractivity contribution is 5.93. The van der Waals surface area contributed by atoms with Crippen LogP contribution in [0.4, 0.5) is 5.82 Å². The summed E-state index contributed by atoms with van der Waals surface area (Å²) in [6.07, 6.45) is 6.99. The van der Waals surface area contributed by atoms with Crippen molar-refractivity contribution in [3.8, 4) is 0 Å². The molecule has 1 aliphatic carbocycles. The van der Waals surface area contributed by atoms with Gasteiger partial charge in [-0.25, -0.2) is 0 Å². The molecule has 0 saturated heterocycles. The number of carbonyl (C=O) groups is 1. The van der Waals surface area contributed by atoms with E-state index in [4.69, 9.17) is 4.74 Å². The molecule has 1 aromatic heterocycles. The number of nitrogens with one attached hydrogen (secondary N) is 1. The summed E-state index contributed by atoms with van der Waals surface area (Å²) in [4.78, 5) is 12.3. The Labute approximate surface area is 127 Å². The first-order valence-electron chi connectivity index (χ1n) is 7.92. The summed E-state index contributed by atoms with van der Waals surface area (Å²) in [5.41, 5.74) is -0.0898. The Morgan fingerprint density at radius 1 is 1.48 bits per heavy atom. The first-order chi connectivity index (χ1) is 9.90. The van der Waals surface area contributed by atoms with E-state index >= 15 is 0 Å². The lowest BCUT2D eigenvalue weighted by molar-refractivity contribution is -0.131. The summed E-state index contributed by atoms with van der Waals surface area (Å²) in [5.74, 6) is 0.493. The minimum absolute atomic E-state index is 0.0898. The summed E-state index contributed by atoms with van der Waals surface area (Å²) in [6.45, 7) is 8.20. The van der Waals surface area contributed by atoms with Crippen LogP contribution < -0.4 is 5.32 Å². The van der Waals surface area contributed by atoms with Crippen molar-refractivity contribution in [2.75, 3.05) is 5.32 Å². The lowest BCUT2D eigenvalue weighted by Gasteiger charge is -2.20. The number of hydrogen-bond donors (Lipinski definition) is 1. The van der Waals surface area contributed by atoms with Crippen LogP contribution in [0.2, 0.25) is 0 Å². The fraction of sp³-hybridized carbons (Fsp3) is 0.750. The first kappa shape index (κ1) is 16.0. The fourth-order valence-electron chi connectivity index (χ4n) is 2.57. The molecule has 21 heavy (non-hydrogen) atoms. The van der Waals surface area contributed by atoms with E-state index in [1.54, 1.807) is 0 Å². The SMILES string of the molecule is CCC(OC1CCCC1)C(=O)Nc1ccn(C(C)(C)C)n1. The number of ether oxygens (including phenoxy) is 1. The quantitative estimate of drug-likeness (QED) is 0.906. The Kier molecular flexibility index (Phi) is 5.04. The van der Waals surface area contributed by atoms with Gasteiger partial charge in [0.15, 0.2) is 5.82 Å². The number of amides is 1. The van der Waals surface area contributed by atoms with Crippen LogP contribution in [-0.2, 0) is 15.1 Å². The Bertz CT molecular complexity index is 470. The minimum atomic E-state index is -0.382. The predicted molar refractivity (Wildman–Crippen MR) is 83.3 cm³/mol. The van der Waals surface area contributed by atoms with Crippen LogP contribution in [-0.4, -0.2) is 27.9 Å². The molecule has 0 aliphatic heterocycles. The molecule has 0 bridgehead atoms. The number of rotatable bonds is 5. The van der Waals surface area contributed by atoms with Gasteiger partial charge in [0.05, 0.1) is 11.6 Å². The molecule has 5 nitrogen and oxygen atoms in total. The highest BCUT2D eigenvalue weighted by atomic mass is 16.5. The van der Waals surface area contributed by atoms with Crippen molar-refractivity contribution in [2.24, 2.45) is 0 Å². The van der Waals surface area contributed by atoms with Gasteiger partial charge in [-0.3, -0.25) is 9.48 Å². The van der Waals surface area contributed by atoms with Crippen LogP contribution in [0.1, 0.15) is 59.8 Å². The van der Waals surface area contributed by atoms with E-state index in [-0.39, 0.29) is 23.7 Å². The Morgan fingerprint density at radius 2 is 2.14 bits per heavy atom. The van der Waals surface area contributed by atoms with E-state index in [0.29, 0.717) is 12.2 Å². The molecule has 2 rings (SSSR count). The molecule has 1 heterocycles. The lowest BCUT2D eigenvalue weighted by atomic mass is 10.1. The standard InChI is InChI=1S/C16H27N3O2/c1-5-13(21-12-8-6-7-9-12)15(20)17-14-10-11-19(18-14)16(2,3)4/h10-13H,5-9H2,1-4H3,(H,17,18,20). The summed E-state index contributed by atoms with van der Waals surface area (Å²) in [5, 5.41) is 7.26. The zero-order valence-electron chi connectivity index (χ0n) is 13.6. The number of anilines is 1.